The molecule has 0 spiro atoms. The Kier molecular flexibility index (Phi) is 3.66. The molecular weight excluding hydrogens is 340 g/mol. The molecule has 26 heavy (non-hydrogen) atoms. The Morgan fingerprint density at radius 3 is 2.15 bits per heavy atom. The third-order valence-electron chi connectivity index (χ3n) is 6.96. The molecular formula is C19H26O7. The van der Waals surface area contributed by atoms with Gasteiger partial charge in [-0.3, -0.25) is 4.79 Å². The van der Waals surface area contributed by atoms with Crippen LogP contribution in [0.25, 0.3) is 0 Å². The number of esters is 2. The van der Waals surface area contributed by atoms with E-state index < -0.39 is 34.3 Å². The van der Waals surface area contributed by atoms with Crippen molar-refractivity contribution in [1.29, 1.82) is 0 Å². The lowest BCUT2D eigenvalue weighted by atomic mass is 9.45. The first kappa shape index (κ1) is 17.9. The van der Waals surface area contributed by atoms with E-state index in [1.165, 1.54) is 0 Å². The molecule has 5 aliphatic rings. The van der Waals surface area contributed by atoms with Gasteiger partial charge in [-0.15, -0.1) is 0 Å². The van der Waals surface area contributed by atoms with Crippen LogP contribution < -0.4 is 0 Å². The molecule has 5 rings (SSSR count). The highest BCUT2D eigenvalue weighted by Gasteiger charge is 2.72. The number of carbonyl (C=O) groups excluding carboxylic acids is 2. The Labute approximate surface area is 152 Å². The van der Waals surface area contributed by atoms with Gasteiger partial charge in [0.15, 0.2) is 0 Å². The molecule has 0 aromatic carbocycles. The molecule has 0 aliphatic heterocycles. The van der Waals surface area contributed by atoms with E-state index in [2.05, 4.69) is 6.58 Å². The summed E-state index contributed by atoms with van der Waals surface area (Å²) in [5.74, 6) is -1.67. The summed E-state index contributed by atoms with van der Waals surface area (Å²) in [4.78, 5) is 23.8. The topological polar surface area (TPSA) is 113 Å². The molecule has 0 amide bonds. The Morgan fingerprint density at radius 2 is 1.62 bits per heavy atom. The van der Waals surface area contributed by atoms with Gasteiger partial charge in [0.05, 0.1) is 22.7 Å². The smallest absolute Gasteiger partial charge is 0.330 e. The van der Waals surface area contributed by atoms with Crippen LogP contribution in [0.2, 0.25) is 0 Å². The number of hydrogen-bond donors (Lipinski definition) is 3. The van der Waals surface area contributed by atoms with E-state index in [9.17, 15) is 24.9 Å². The van der Waals surface area contributed by atoms with E-state index in [0.29, 0.717) is 12.8 Å². The molecule has 0 aromatic heterocycles. The lowest BCUT2D eigenvalue weighted by Crippen LogP contribution is -2.76. The van der Waals surface area contributed by atoms with Crippen molar-refractivity contribution < 1.29 is 34.4 Å². The van der Waals surface area contributed by atoms with Crippen LogP contribution >= 0.6 is 0 Å². The second-order valence-electron chi connectivity index (χ2n) is 9.08. The average molecular weight is 366 g/mol. The summed E-state index contributed by atoms with van der Waals surface area (Å²) in [5, 5.41) is 32.6. The van der Waals surface area contributed by atoms with Crippen LogP contribution in [-0.4, -0.2) is 55.8 Å². The zero-order chi connectivity index (χ0) is 19.0. The first-order valence-corrected chi connectivity index (χ1v) is 9.24. The molecule has 7 nitrogen and oxygen atoms in total. The maximum Gasteiger partial charge on any atom is 0.330 e. The largest absolute Gasteiger partial charge is 0.459 e. The van der Waals surface area contributed by atoms with Gasteiger partial charge in [-0.25, -0.2) is 4.79 Å². The first-order valence-electron chi connectivity index (χ1n) is 9.24. The third kappa shape index (κ3) is 2.60. The first-order chi connectivity index (χ1) is 12.0. The number of aliphatic hydroxyl groups is 3. The van der Waals surface area contributed by atoms with Crippen LogP contribution in [0.5, 0.6) is 0 Å². The number of ether oxygens (including phenoxy) is 2. The fourth-order valence-corrected chi connectivity index (χ4v) is 5.98. The van der Waals surface area contributed by atoms with E-state index in [4.69, 9.17) is 9.47 Å². The highest BCUT2D eigenvalue weighted by atomic mass is 16.6. The quantitative estimate of drug-likeness (QED) is 0.493. The predicted octanol–water partition coefficient (Wildman–Crippen LogP) is 0.597. The van der Waals surface area contributed by atoms with Crippen molar-refractivity contribution in [2.75, 3.05) is 0 Å². The molecule has 4 bridgehead atoms. The van der Waals surface area contributed by atoms with Gasteiger partial charge in [0, 0.05) is 44.1 Å². The van der Waals surface area contributed by atoms with E-state index in [1.54, 1.807) is 0 Å². The Bertz CT molecular complexity index is 647. The van der Waals surface area contributed by atoms with E-state index in [1.807, 2.05) is 6.92 Å². The van der Waals surface area contributed by atoms with Crippen LogP contribution in [0.3, 0.4) is 0 Å². The molecule has 5 aliphatic carbocycles. The van der Waals surface area contributed by atoms with Crippen LogP contribution in [-0.2, 0) is 19.1 Å². The van der Waals surface area contributed by atoms with Gasteiger partial charge in [-0.1, -0.05) is 13.5 Å². The summed E-state index contributed by atoms with van der Waals surface area (Å²) in [6.45, 7) is 5.17. The normalized spacial score (nSPS) is 51.5. The molecule has 5 fully saturated rings. The molecule has 0 saturated heterocycles. The molecule has 3 atom stereocenters. The van der Waals surface area contributed by atoms with Crippen molar-refractivity contribution in [3.05, 3.63) is 12.7 Å². The summed E-state index contributed by atoms with van der Waals surface area (Å²) in [7, 11) is 0. The standard InChI is InChI=1S/C19H26O7/c1-3-14(20)25-13-4-12(5-13)15(21)26-19-9-16(22)6-17(23,10-19)8-18(24,7-16)11(19)2/h3,11-13,22-24H,1,4-10H2,2H3. The van der Waals surface area contributed by atoms with Crippen molar-refractivity contribution in [2.45, 2.75) is 80.4 Å². The van der Waals surface area contributed by atoms with E-state index in [0.717, 1.165) is 6.08 Å². The molecule has 5 saturated carbocycles. The van der Waals surface area contributed by atoms with Gasteiger partial charge in [0.25, 0.3) is 0 Å². The van der Waals surface area contributed by atoms with Gasteiger partial charge in [-0.2, -0.15) is 0 Å². The van der Waals surface area contributed by atoms with Crippen LogP contribution in [0.4, 0.5) is 0 Å². The summed E-state index contributed by atoms with van der Waals surface area (Å²) in [6.07, 6.45) is 2.63. The number of rotatable bonds is 4. The zero-order valence-electron chi connectivity index (χ0n) is 14.9. The lowest BCUT2D eigenvalue weighted by molar-refractivity contribution is -0.327. The van der Waals surface area contributed by atoms with Gasteiger partial charge in [0.1, 0.15) is 11.7 Å². The Morgan fingerprint density at radius 1 is 1.04 bits per heavy atom. The van der Waals surface area contributed by atoms with Crippen molar-refractivity contribution >= 4 is 11.9 Å². The Balaban J connectivity index is 1.47. The highest BCUT2D eigenvalue weighted by molar-refractivity contribution is 5.81. The number of hydrogen-bond acceptors (Lipinski definition) is 7. The van der Waals surface area contributed by atoms with Crippen molar-refractivity contribution in [3.8, 4) is 0 Å². The monoisotopic (exact) mass is 366 g/mol. The third-order valence-corrected chi connectivity index (χ3v) is 6.96. The lowest BCUT2D eigenvalue weighted by Gasteiger charge is -2.68. The van der Waals surface area contributed by atoms with Crippen molar-refractivity contribution in [3.63, 3.8) is 0 Å². The van der Waals surface area contributed by atoms with Crippen LogP contribution in [0.15, 0.2) is 12.7 Å². The molecule has 3 N–H and O–H groups in total. The zero-order valence-corrected chi connectivity index (χ0v) is 14.9. The van der Waals surface area contributed by atoms with Crippen LogP contribution in [0, 0.1) is 11.8 Å². The van der Waals surface area contributed by atoms with Crippen molar-refractivity contribution in [1.82, 2.24) is 0 Å². The SMILES string of the molecule is C=CC(=O)OC1CC(C(=O)OC23CC4(O)CC(O)(CC(O)(C4)C2C)C3)C1. The van der Waals surface area contributed by atoms with Gasteiger partial charge in [0.2, 0.25) is 0 Å². The van der Waals surface area contributed by atoms with Gasteiger partial charge >= 0.3 is 11.9 Å². The Hall–Kier alpha value is -1.44. The van der Waals surface area contributed by atoms with Crippen molar-refractivity contribution in [2.24, 2.45) is 11.8 Å². The second kappa shape index (κ2) is 5.30. The summed E-state index contributed by atoms with van der Waals surface area (Å²) >= 11 is 0. The minimum atomic E-state index is -1.24. The summed E-state index contributed by atoms with van der Waals surface area (Å²) < 4.78 is 11.0. The molecule has 0 radical (unpaired) electrons. The van der Waals surface area contributed by atoms with Gasteiger partial charge in [-0.05, 0) is 12.8 Å². The molecule has 7 heteroatoms. The molecule has 3 unspecified atom stereocenters. The number of carbonyl (C=O) groups is 2. The minimum Gasteiger partial charge on any atom is -0.459 e. The van der Waals surface area contributed by atoms with E-state index >= 15 is 0 Å². The fraction of sp³-hybridized carbons (Fsp3) is 0.789. The average Bonchev–Trinajstić information content (AvgIpc) is 2.44. The molecule has 144 valence electrons. The van der Waals surface area contributed by atoms with Crippen LogP contribution in [0.1, 0.15) is 51.9 Å². The van der Waals surface area contributed by atoms with E-state index in [-0.39, 0.29) is 50.0 Å². The summed E-state index contributed by atoms with van der Waals surface area (Å²) in [5.41, 5.74) is -4.73. The molecule has 0 heterocycles. The highest BCUT2D eigenvalue weighted by Crippen LogP contribution is 2.64. The predicted molar refractivity (Wildman–Crippen MR) is 88.7 cm³/mol. The maximum absolute atomic E-state index is 12.6. The molecule has 0 aromatic rings. The van der Waals surface area contributed by atoms with Gasteiger partial charge < -0.3 is 24.8 Å². The summed E-state index contributed by atoms with van der Waals surface area (Å²) in [6, 6.07) is 0. The fourth-order valence-electron chi connectivity index (χ4n) is 5.98. The minimum absolute atomic E-state index is 0.200. The second-order valence-corrected chi connectivity index (χ2v) is 9.08. The maximum atomic E-state index is 12.6.